The zero-order valence-corrected chi connectivity index (χ0v) is 13.4. The molecule has 0 radical (unpaired) electrons. The van der Waals surface area contributed by atoms with Crippen molar-refractivity contribution in [1.82, 2.24) is 9.88 Å². The number of methoxy groups -OCH3 is 1. The van der Waals surface area contributed by atoms with Gasteiger partial charge in [-0.3, -0.25) is 9.88 Å². The minimum absolute atomic E-state index is 0.00148. The van der Waals surface area contributed by atoms with Gasteiger partial charge >= 0.3 is 5.97 Å². The van der Waals surface area contributed by atoms with Gasteiger partial charge in [0.2, 0.25) is 0 Å². The maximum atomic E-state index is 11.4. The molecule has 2 aromatic heterocycles. The topological polar surface area (TPSA) is 62.7 Å². The third-order valence-corrected chi connectivity index (χ3v) is 5.14. The number of piperidine rings is 1. The van der Waals surface area contributed by atoms with E-state index < -0.39 is 12.1 Å². The fourth-order valence-corrected chi connectivity index (χ4v) is 3.78. The number of likely N-dealkylation sites (tertiary alicyclic amines) is 1. The summed E-state index contributed by atoms with van der Waals surface area (Å²) >= 11 is 1.71. The predicted molar refractivity (Wildman–Crippen MR) is 85.6 cm³/mol. The summed E-state index contributed by atoms with van der Waals surface area (Å²) in [6.45, 7) is 2.62. The van der Waals surface area contributed by atoms with Gasteiger partial charge in [0.05, 0.1) is 17.3 Å². The van der Waals surface area contributed by atoms with Crippen LogP contribution in [0.15, 0.2) is 23.7 Å². The highest BCUT2D eigenvalue weighted by Gasteiger charge is 2.30. The van der Waals surface area contributed by atoms with Gasteiger partial charge in [-0.1, -0.05) is 0 Å². The van der Waals surface area contributed by atoms with Crippen molar-refractivity contribution in [3.8, 4) is 0 Å². The Bertz CT molecular complexity index is 650. The maximum absolute atomic E-state index is 11.4. The van der Waals surface area contributed by atoms with E-state index in [0.717, 1.165) is 38.0 Å². The van der Waals surface area contributed by atoms with Crippen LogP contribution >= 0.6 is 11.3 Å². The van der Waals surface area contributed by atoms with Crippen LogP contribution in [-0.2, 0) is 16.1 Å². The summed E-state index contributed by atoms with van der Waals surface area (Å²) < 4.78 is 5.83. The number of aromatic nitrogens is 1. The Morgan fingerprint density at radius 2 is 2.32 bits per heavy atom. The third kappa shape index (κ3) is 3.29. The number of carbonyl (C=O) groups is 1. The van der Waals surface area contributed by atoms with E-state index in [2.05, 4.69) is 26.1 Å². The fraction of sp³-hybridized carbons (Fsp3) is 0.500. The lowest BCUT2D eigenvalue weighted by molar-refractivity contribution is -0.154. The first-order valence-corrected chi connectivity index (χ1v) is 8.35. The van der Waals surface area contributed by atoms with Crippen molar-refractivity contribution in [2.75, 3.05) is 20.2 Å². The average molecular weight is 320 g/mol. The molecule has 3 rings (SSSR count). The largest absolute Gasteiger partial charge is 0.467 e. The molecular formula is C16H20N2O3S. The molecule has 1 saturated heterocycles. The molecule has 0 aromatic carbocycles. The molecule has 0 bridgehead atoms. The van der Waals surface area contributed by atoms with Gasteiger partial charge in [-0.25, -0.2) is 4.79 Å². The van der Waals surface area contributed by atoms with Gasteiger partial charge in [-0.2, -0.15) is 0 Å². The van der Waals surface area contributed by atoms with Gasteiger partial charge < -0.3 is 9.84 Å². The van der Waals surface area contributed by atoms with Crippen LogP contribution in [0, 0.1) is 5.92 Å². The number of rotatable bonds is 4. The lowest BCUT2D eigenvalue weighted by Crippen LogP contribution is -2.40. The highest BCUT2D eigenvalue weighted by atomic mass is 32.1. The van der Waals surface area contributed by atoms with Crippen molar-refractivity contribution in [2.45, 2.75) is 25.5 Å². The second-order valence-electron chi connectivity index (χ2n) is 5.73. The van der Waals surface area contributed by atoms with E-state index in [4.69, 9.17) is 0 Å². The molecule has 2 aromatic rings. The van der Waals surface area contributed by atoms with Crippen molar-refractivity contribution >= 4 is 27.5 Å². The number of aliphatic hydroxyl groups is 1. The van der Waals surface area contributed by atoms with Gasteiger partial charge in [0.25, 0.3) is 0 Å². The van der Waals surface area contributed by atoms with E-state index in [9.17, 15) is 9.90 Å². The minimum atomic E-state index is -0.990. The standard InChI is InChI=1S/C16H20N2O3S/c1-21-16(20)15(19)12-2-5-18(6-3-12)10-11-8-14-13(17-9-11)4-7-22-14/h4,7-9,12,15,19H,2-3,5-6,10H2,1H3. The lowest BCUT2D eigenvalue weighted by Gasteiger charge is -2.33. The van der Waals surface area contributed by atoms with Crippen LogP contribution in [0.25, 0.3) is 10.2 Å². The summed E-state index contributed by atoms with van der Waals surface area (Å²) in [5.74, 6) is -0.521. The first kappa shape index (κ1) is 15.4. The van der Waals surface area contributed by atoms with Crippen molar-refractivity contribution in [2.24, 2.45) is 5.92 Å². The molecular weight excluding hydrogens is 300 g/mol. The second kappa shape index (κ2) is 6.73. The van der Waals surface area contributed by atoms with Crippen LogP contribution in [0.2, 0.25) is 0 Å². The fourth-order valence-electron chi connectivity index (χ4n) is 2.97. The summed E-state index contributed by atoms with van der Waals surface area (Å²) in [5.41, 5.74) is 2.26. The number of ether oxygens (including phenoxy) is 1. The first-order chi connectivity index (χ1) is 10.7. The van der Waals surface area contributed by atoms with Gasteiger partial charge in [-0.05, 0) is 54.9 Å². The zero-order chi connectivity index (χ0) is 15.5. The number of hydrogen-bond acceptors (Lipinski definition) is 6. The minimum Gasteiger partial charge on any atom is -0.467 e. The Kier molecular flexibility index (Phi) is 4.71. The normalized spacial score (nSPS) is 18.5. The molecule has 0 amide bonds. The smallest absolute Gasteiger partial charge is 0.334 e. The Morgan fingerprint density at radius 1 is 1.55 bits per heavy atom. The molecule has 0 aliphatic carbocycles. The molecule has 6 heteroatoms. The summed E-state index contributed by atoms with van der Waals surface area (Å²) in [6.07, 6.45) is 2.57. The highest BCUT2D eigenvalue weighted by Crippen LogP contribution is 2.24. The van der Waals surface area contributed by atoms with E-state index in [1.807, 2.05) is 12.3 Å². The summed E-state index contributed by atoms with van der Waals surface area (Å²) in [4.78, 5) is 18.2. The SMILES string of the molecule is COC(=O)C(O)C1CCN(Cc2cnc3ccsc3c2)CC1. The van der Waals surface area contributed by atoms with Crippen LogP contribution in [0.3, 0.4) is 0 Å². The number of carbonyl (C=O) groups excluding carboxylic acids is 1. The summed E-state index contributed by atoms with van der Waals surface area (Å²) in [7, 11) is 1.31. The third-order valence-electron chi connectivity index (χ3n) is 4.29. The summed E-state index contributed by atoms with van der Waals surface area (Å²) in [6, 6.07) is 4.23. The van der Waals surface area contributed by atoms with Crippen molar-refractivity contribution < 1.29 is 14.6 Å². The van der Waals surface area contributed by atoms with E-state index in [0.29, 0.717) is 0 Å². The average Bonchev–Trinajstić information content (AvgIpc) is 3.02. The number of pyridine rings is 1. The number of hydrogen-bond donors (Lipinski definition) is 1. The number of thiophene rings is 1. The Morgan fingerprint density at radius 3 is 3.05 bits per heavy atom. The molecule has 1 aliphatic rings. The van der Waals surface area contributed by atoms with E-state index in [-0.39, 0.29) is 5.92 Å². The van der Waals surface area contributed by atoms with Crippen molar-refractivity contribution in [3.05, 3.63) is 29.3 Å². The van der Waals surface area contributed by atoms with Crippen molar-refractivity contribution in [1.29, 1.82) is 0 Å². The number of aliphatic hydroxyl groups excluding tert-OH is 1. The molecule has 5 nitrogen and oxygen atoms in total. The van der Waals surface area contributed by atoms with Crippen LogP contribution in [0.5, 0.6) is 0 Å². The number of esters is 1. The first-order valence-electron chi connectivity index (χ1n) is 7.48. The Labute approximate surface area is 133 Å². The lowest BCUT2D eigenvalue weighted by atomic mass is 9.91. The number of fused-ring (bicyclic) bond motifs is 1. The zero-order valence-electron chi connectivity index (χ0n) is 12.6. The second-order valence-corrected chi connectivity index (χ2v) is 6.68. The van der Waals surface area contributed by atoms with E-state index >= 15 is 0 Å². The van der Waals surface area contributed by atoms with Crippen LogP contribution in [-0.4, -0.2) is 47.3 Å². The molecule has 1 aliphatic heterocycles. The van der Waals surface area contributed by atoms with Crippen LogP contribution in [0.4, 0.5) is 0 Å². The predicted octanol–water partition coefficient (Wildman–Crippen LogP) is 2.04. The molecule has 0 saturated carbocycles. The van der Waals surface area contributed by atoms with Gasteiger partial charge in [0, 0.05) is 12.7 Å². The van der Waals surface area contributed by atoms with Crippen molar-refractivity contribution in [3.63, 3.8) is 0 Å². The highest BCUT2D eigenvalue weighted by molar-refractivity contribution is 7.17. The molecule has 1 unspecified atom stereocenters. The molecule has 3 heterocycles. The van der Waals surface area contributed by atoms with E-state index in [1.54, 1.807) is 11.3 Å². The quantitative estimate of drug-likeness (QED) is 0.874. The van der Waals surface area contributed by atoms with Crippen LogP contribution in [0.1, 0.15) is 18.4 Å². The van der Waals surface area contributed by atoms with Crippen LogP contribution < -0.4 is 0 Å². The number of nitrogens with zero attached hydrogens (tertiary/aromatic N) is 2. The van der Waals surface area contributed by atoms with Gasteiger partial charge in [0.15, 0.2) is 6.10 Å². The Balaban J connectivity index is 1.56. The molecule has 22 heavy (non-hydrogen) atoms. The molecule has 1 atom stereocenters. The monoisotopic (exact) mass is 320 g/mol. The molecule has 1 fully saturated rings. The van der Waals surface area contributed by atoms with Gasteiger partial charge in [-0.15, -0.1) is 11.3 Å². The van der Waals surface area contributed by atoms with E-state index in [1.165, 1.54) is 17.4 Å². The molecule has 118 valence electrons. The van der Waals surface area contributed by atoms with Gasteiger partial charge in [0.1, 0.15) is 0 Å². The molecule has 0 spiro atoms. The summed E-state index contributed by atoms with van der Waals surface area (Å²) in [5, 5.41) is 12.0. The maximum Gasteiger partial charge on any atom is 0.334 e. The molecule has 1 N–H and O–H groups in total. The Hall–Kier alpha value is -1.50.